The molecule has 8 atom stereocenters. The number of phenolic OH excluding ortho intramolecular Hbond substituents is 1. The second kappa shape index (κ2) is 8.71. The number of aliphatic hydroxyl groups is 3. The molecular weight excluding hydrogens is 498 g/mol. The maximum absolute atomic E-state index is 14.2. The van der Waals surface area contributed by atoms with E-state index in [0.717, 1.165) is 16.7 Å². The van der Waals surface area contributed by atoms with Gasteiger partial charge < -0.3 is 26.2 Å². The molecule has 0 saturated heterocycles. The first-order chi connectivity index (χ1) is 18.1. The summed E-state index contributed by atoms with van der Waals surface area (Å²) in [6.45, 7) is 9.13. The number of aliphatic hydroxyl groups excluding tert-OH is 2. The van der Waals surface area contributed by atoms with Gasteiger partial charge in [-0.15, -0.1) is 0 Å². The number of aromatic hydroxyl groups is 1. The maximum Gasteiger partial charge on any atom is 0.230 e. The lowest BCUT2D eigenvalue weighted by Gasteiger charge is -2.66. The van der Waals surface area contributed by atoms with Gasteiger partial charge in [0.05, 0.1) is 17.6 Å². The Labute approximate surface area is 227 Å². The van der Waals surface area contributed by atoms with E-state index in [4.69, 9.17) is 5.73 Å². The van der Waals surface area contributed by atoms with Crippen LogP contribution in [-0.2, 0) is 16.0 Å². The molecular formula is C31H37NO7. The molecule has 5 rings (SSSR count). The van der Waals surface area contributed by atoms with E-state index in [1.807, 2.05) is 52.0 Å². The number of carbonyl (C=O) groups is 3. The highest BCUT2D eigenvalue weighted by molar-refractivity contribution is 6.09. The van der Waals surface area contributed by atoms with Crippen molar-refractivity contribution in [1.82, 2.24) is 0 Å². The van der Waals surface area contributed by atoms with E-state index < -0.39 is 63.9 Å². The summed E-state index contributed by atoms with van der Waals surface area (Å²) in [6, 6.07) is 11.1. The van der Waals surface area contributed by atoms with Crippen LogP contribution in [0.15, 0.2) is 36.4 Å². The summed E-state index contributed by atoms with van der Waals surface area (Å²) in [5.41, 5.74) is 4.12. The monoisotopic (exact) mass is 535 g/mol. The Hall–Kier alpha value is -3.07. The highest BCUT2D eigenvalue weighted by Gasteiger charge is 2.75. The summed E-state index contributed by atoms with van der Waals surface area (Å²) in [5, 5.41) is 46.1. The Balaban J connectivity index is 1.73. The van der Waals surface area contributed by atoms with Crippen LogP contribution >= 0.6 is 0 Å². The van der Waals surface area contributed by atoms with E-state index in [2.05, 4.69) is 0 Å². The van der Waals surface area contributed by atoms with Crippen molar-refractivity contribution in [2.75, 3.05) is 0 Å². The number of fused-ring (bicyclic) bond motifs is 3. The lowest BCUT2D eigenvalue weighted by Crippen LogP contribution is -2.79. The third-order valence-corrected chi connectivity index (χ3v) is 10.0. The molecule has 0 radical (unpaired) electrons. The molecule has 0 aliphatic heterocycles. The molecule has 39 heavy (non-hydrogen) atoms. The first-order valence-corrected chi connectivity index (χ1v) is 13.5. The van der Waals surface area contributed by atoms with Crippen LogP contribution in [0.5, 0.6) is 5.75 Å². The molecule has 2 aromatic rings. The summed E-state index contributed by atoms with van der Waals surface area (Å²) in [7, 11) is 0. The number of carbonyl (C=O) groups excluding carboxylic acids is 3. The van der Waals surface area contributed by atoms with E-state index in [1.165, 1.54) is 6.07 Å². The van der Waals surface area contributed by atoms with Crippen LogP contribution in [0.4, 0.5) is 0 Å². The Bertz CT molecular complexity index is 1380. The predicted molar refractivity (Wildman–Crippen MR) is 144 cm³/mol. The summed E-state index contributed by atoms with van der Waals surface area (Å²) in [5.74, 6) is -6.98. The van der Waals surface area contributed by atoms with Gasteiger partial charge in [0.2, 0.25) is 5.91 Å². The minimum Gasteiger partial charge on any atom is -0.507 e. The zero-order valence-corrected chi connectivity index (χ0v) is 22.9. The van der Waals surface area contributed by atoms with E-state index in [-0.39, 0.29) is 30.1 Å². The molecule has 0 spiro atoms. The number of amides is 1. The zero-order valence-electron chi connectivity index (χ0n) is 22.9. The number of Topliss-reactive ketones (excluding diaryl/α,β-unsaturated/α-hetero) is 2. The van der Waals surface area contributed by atoms with Gasteiger partial charge in [-0.2, -0.15) is 0 Å². The third-order valence-electron chi connectivity index (χ3n) is 10.0. The summed E-state index contributed by atoms with van der Waals surface area (Å²) in [6.07, 6.45) is -2.93. The fourth-order valence-corrected chi connectivity index (χ4v) is 8.54. The number of primary amides is 1. The van der Waals surface area contributed by atoms with Crippen molar-refractivity contribution in [1.29, 1.82) is 0 Å². The zero-order chi connectivity index (χ0) is 28.8. The van der Waals surface area contributed by atoms with Gasteiger partial charge in [0.25, 0.3) is 0 Å². The second-order valence-electron chi connectivity index (χ2n) is 12.8. The van der Waals surface area contributed by atoms with Crippen LogP contribution in [0.2, 0.25) is 0 Å². The molecule has 2 unspecified atom stereocenters. The van der Waals surface area contributed by atoms with Crippen LogP contribution in [0.3, 0.4) is 0 Å². The fourth-order valence-electron chi connectivity index (χ4n) is 8.54. The number of hydrogen-bond donors (Lipinski definition) is 5. The number of hydrogen-bond acceptors (Lipinski definition) is 7. The van der Waals surface area contributed by atoms with Crippen molar-refractivity contribution in [2.24, 2.45) is 40.2 Å². The molecule has 3 aliphatic rings. The highest BCUT2D eigenvalue weighted by Crippen LogP contribution is 2.66. The molecule has 8 nitrogen and oxygen atoms in total. The second-order valence-corrected chi connectivity index (χ2v) is 12.8. The molecule has 2 saturated carbocycles. The smallest absolute Gasteiger partial charge is 0.230 e. The van der Waals surface area contributed by atoms with Crippen molar-refractivity contribution >= 4 is 17.5 Å². The minimum absolute atomic E-state index is 0.0666. The molecule has 8 heteroatoms. The highest BCUT2D eigenvalue weighted by atomic mass is 16.4. The molecule has 2 fully saturated rings. The Morgan fingerprint density at radius 3 is 2.23 bits per heavy atom. The standard InChI is InChI=1S/C31H37NO7/c1-14(2)22-25(35)21(28(32)38)26(36)31(39)27(37)23-24(34)20-18(12-29(23,4)13-30(22,31)5)17(10-11-19(20)33)16-8-6-15(3)7-9-16/h6-11,14,21-23,25,27,33,35,37,39H,12-13H2,1-5H3,(H2,32,38)/t21-,22+,23-,25?,27?,29-,30-,31+/m1/s1. The lowest BCUT2D eigenvalue weighted by atomic mass is 9.39. The van der Waals surface area contributed by atoms with Gasteiger partial charge in [0.15, 0.2) is 17.2 Å². The molecule has 208 valence electrons. The average Bonchev–Trinajstić information content (AvgIpc) is 2.82. The topological polar surface area (TPSA) is 158 Å². The molecule has 6 N–H and O–H groups in total. The number of aryl methyl sites for hydroxylation is 1. The first-order valence-electron chi connectivity index (χ1n) is 13.5. The summed E-state index contributed by atoms with van der Waals surface area (Å²) < 4.78 is 0. The SMILES string of the molecule is Cc1ccc(-c2ccc(O)c3c2C[C@]2(C)C[C@]4(C)[C@@H](C(C)C)C(O)[C@@H](C(N)=O)C(=O)[C@]4(O)C(O)[C@H]2C3=O)cc1. The van der Waals surface area contributed by atoms with Crippen molar-refractivity contribution < 1.29 is 34.8 Å². The molecule has 0 aromatic heterocycles. The normalized spacial score (nSPS) is 37.7. The largest absolute Gasteiger partial charge is 0.507 e. The number of rotatable bonds is 3. The van der Waals surface area contributed by atoms with Gasteiger partial charge in [-0.1, -0.05) is 63.6 Å². The van der Waals surface area contributed by atoms with Crippen LogP contribution in [0, 0.1) is 41.4 Å². The van der Waals surface area contributed by atoms with Crippen LogP contribution in [-0.4, -0.2) is 55.7 Å². The van der Waals surface area contributed by atoms with Gasteiger partial charge in [-0.3, -0.25) is 14.4 Å². The number of nitrogens with two attached hydrogens (primary N) is 1. The van der Waals surface area contributed by atoms with Crippen LogP contribution in [0.25, 0.3) is 11.1 Å². The summed E-state index contributed by atoms with van der Waals surface area (Å²) in [4.78, 5) is 40.2. The van der Waals surface area contributed by atoms with E-state index in [1.54, 1.807) is 13.0 Å². The van der Waals surface area contributed by atoms with E-state index >= 15 is 0 Å². The van der Waals surface area contributed by atoms with Gasteiger partial charge in [-0.05, 0) is 59.8 Å². The van der Waals surface area contributed by atoms with Gasteiger partial charge >= 0.3 is 0 Å². The number of benzene rings is 2. The van der Waals surface area contributed by atoms with Gasteiger partial charge in [0, 0.05) is 5.41 Å². The van der Waals surface area contributed by atoms with Gasteiger partial charge in [-0.25, -0.2) is 0 Å². The molecule has 2 aromatic carbocycles. The lowest BCUT2D eigenvalue weighted by molar-refractivity contribution is -0.265. The van der Waals surface area contributed by atoms with E-state index in [9.17, 15) is 34.8 Å². The minimum atomic E-state index is -2.51. The summed E-state index contributed by atoms with van der Waals surface area (Å²) >= 11 is 0. The van der Waals surface area contributed by atoms with Crippen LogP contribution in [0.1, 0.15) is 55.6 Å². The molecule has 0 bridgehead atoms. The predicted octanol–water partition coefficient (Wildman–Crippen LogP) is 2.55. The first kappa shape index (κ1) is 27.5. The van der Waals surface area contributed by atoms with Gasteiger partial charge in [0.1, 0.15) is 17.8 Å². The Morgan fingerprint density at radius 1 is 1.05 bits per heavy atom. The molecule has 1 amide bonds. The average molecular weight is 536 g/mol. The molecule has 3 aliphatic carbocycles. The van der Waals surface area contributed by atoms with Crippen molar-refractivity contribution in [3.8, 4) is 16.9 Å². The maximum atomic E-state index is 14.2. The third kappa shape index (κ3) is 3.51. The number of ketones is 2. The number of phenols is 1. The van der Waals surface area contributed by atoms with E-state index in [0.29, 0.717) is 5.56 Å². The van der Waals surface area contributed by atoms with Crippen LogP contribution < -0.4 is 5.73 Å². The fraction of sp³-hybridized carbons (Fsp3) is 0.516. The molecule has 0 heterocycles. The Morgan fingerprint density at radius 2 is 1.67 bits per heavy atom. The Kier molecular flexibility index (Phi) is 6.14. The van der Waals surface area contributed by atoms with Crippen molar-refractivity contribution in [3.63, 3.8) is 0 Å². The van der Waals surface area contributed by atoms with Crippen molar-refractivity contribution in [2.45, 2.75) is 65.3 Å². The quantitative estimate of drug-likeness (QED) is 0.378. The van der Waals surface area contributed by atoms with Crippen molar-refractivity contribution in [3.05, 3.63) is 53.1 Å².